The molecule has 1 aromatic carbocycles. The summed E-state index contributed by atoms with van der Waals surface area (Å²) < 4.78 is 0. The summed E-state index contributed by atoms with van der Waals surface area (Å²) in [5, 5.41) is 2.42. The maximum absolute atomic E-state index is 5.82. The molecule has 0 fully saturated rings. The van der Waals surface area contributed by atoms with Crippen molar-refractivity contribution in [1.29, 1.82) is 0 Å². The first-order chi connectivity index (χ1) is 6.68. The molecule has 72 valence electrons. The van der Waals surface area contributed by atoms with E-state index in [1.54, 1.807) is 0 Å². The fraction of sp³-hybridized carbons (Fsp3) is 0.250. The lowest BCUT2D eigenvalue weighted by Gasteiger charge is -2.07. The minimum atomic E-state index is 0.0833. The van der Waals surface area contributed by atoms with E-state index in [0.717, 1.165) is 5.56 Å². The molecule has 2 N–H and O–H groups in total. The molecule has 2 aromatic rings. The topological polar surface area (TPSA) is 38.9 Å². The number of hydrogen-bond donors (Lipinski definition) is 1. The summed E-state index contributed by atoms with van der Waals surface area (Å²) in [5.74, 6) is 0. The van der Waals surface area contributed by atoms with Crippen LogP contribution in [-0.4, -0.2) is 4.98 Å². The fourth-order valence-electron chi connectivity index (χ4n) is 1.63. The summed E-state index contributed by atoms with van der Waals surface area (Å²) in [4.78, 5) is 4.17. The van der Waals surface area contributed by atoms with E-state index in [0.29, 0.717) is 0 Å². The standard InChI is InChI=1S/C12H14N2/c1-8-6-14-7-11-5-10(9(2)13)3-4-12(8)11/h3-7,9H,13H2,1-2H3. The summed E-state index contributed by atoms with van der Waals surface area (Å²) >= 11 is 0. The molecule has 2 nitrogen and oxygen atoms in total. The second-order valence-electron chi connectivity index (χ2n) is 3.73. The highest BCUT2D eigenvalue weighted by atomic mass is 14.6. The Morgan fingerprint density at radius 2 is 2.07 bits per heavy atom. The van der Waals surface area contributed by atoms with E-state index in [1.165, 1.54) is 16.3 Å². The van der Waals surface area contributed by atoms with Crippen molar-refractivity contribution >= 4 is 10.8 Å². The normalized spacial score (nSPS) is 13.1. The Morgan fingerprint density at radius 1 is 1.29 bits per heavy atom. The van der Waals surface area contributed by atoms with E-state index >= 15 is 0 Å². The predicted octanol–water partition coefficient (Wildman–Crippen LogP) is 2.56. The molecule has 0 saturated carbocycles. The van der Waals surface area contributed by atoms with Crippen LogP contribution in [0.3, 0.4) is 0 Å². The number of aryl methyl sites for hydroxylation is 1. The minimum absolute atomic E-state index is 0.0833. The Morgan fingerprint density at radius 3 is 2.79 bits per heavy atom. The van der Waals surface area contributed by atoms with Crippen molar-refractivity contribution in [1.82, 2.24) is 4.98 Å². The van der Waals surface area contributed by atoms with Gasteiger partial charge in [-0.05, 0) is 36.4 Å². The molecule has 1 atom stereocenters. The predicted molar refractivity (Wildman–Crippen MR) is 59.1 cm³/mol. The number of aromatic nitrogens is 1. The van der Waals surface area contributed by atoms with Gasteiger partial charge in [0.15, 0.2) is 0 Å². The van der Waals surface area contributed by atoms with Gasteiger partial charge in [0.1, 0.15) is 0 Å². The first-order valence-corrected chi connectivity index (χ1v) is 4.78. The van der Waals surface area contributed by atoms with Crippen molar-refractivity contribution in [3.63, 3.8) is 0 Å². The van der Waals surface area contributed by atoms with Crippen LogP contribution in [0.25, 0.3) is 10.8 Å². The van der Waals surface area contributed by atoms with Gasteiger partial charge in [-0.3, -0.25) is 4.98 Å². The van der Waals surface area contributed by atoms with E-state index in [2.05, 4.69) is 30.1 Å². The lowest BCUT2D eigenvalue weighted by atomic mass is 10.0. The van der Waals surface area contributed by atoms with Crippen LogP contribution in [0.5, 0.6) is 0 Å². The monoisotopic (exact) mass is 186 g/mol. The molecule has 0 spiro atoms. The van der Waals surface area contributed by atoms with Gasteiger partial charge in [0.25, 0.3) is 0 Å². The van der Waals surface area contributed by atoms with Gasteiger partial charge in [0.05, 0.1) is 0 Å². The molecule has 0 aliphatic rings. The van der Waals surface area contributed by atoms with Crippen LogP contribution in [0, 0.1) is 6.92 Å². The van der Waals surface area contributed by atoms with E-state index in [4.69, 9.17) is 5.73 Å². The Labute approximate surface area is 83.8 Å². The molecule has 1 heterocycles. The summed E-state index contributed by atoms with van der Waals surface area (Å²) in [6, 6.07) is 6.39. The van der Waals surface area contributed by atoms with Crippen LogP contribution < -0.4 is 5.73 Å². The van der Waals surface area contributed by atoms with Crippen LogP contribution in [0.2, 0.25) is 0 Å². The van der Waals surface area contributed by atoms with Crippen molar-refractivity contribution in [3.05, 3.63) is 41.7 Å². The van der Waals surface area contributed by atoms with E-state index in [1.807, 2.05) is 19.3 Å². The van der Waals surface area contributed by atoms with Crippen LogP contribution in [0.15, 0.2) is 30.6 Å². The number of rotatable bonds is 1. The molecule has 0 aliphatic heterocycles. The second-order valence-corrected chi connectivity index (χ2v) is 3.73. The van der Waals surface area contributed by atoms with Crippen molar-refractivity contribution in [3.8, 4) is 0 Å². The molecule has 1 aromatic heterocycles. The molecule has 2 heteroatoms. The summed E-state index contributed by atoms with van der Waals surface area (Å²) in [6.45, 7) is 4.06. The number of fused-ring (bicyclic) bond motifs is 1. The zero-order chi connectivity index (χ0) is 10.1. The molecule has 0 radical (unpaired) electrons. The van der Waals surface area contributed by atoms with Crippen LogP contribution in [-0.2, 0) is 0 Å². The van der Waals surface area contributed by atoms with Gasteiger partial charge in [0, 0.05) is 23.8 Å². The Bertz CT molecular complexity index is 461. The van der Waals surface area contributed by atoms with E-state index in [-0.39, 0.29) is 6.04 Å². The van der Waals surface area contributed by atoms with Gasteiger partial charge in [0.2, 0.25) is 0 Å². The molecule has 0 saturated heterocycles. The fourth-order valence-corrected chi connectivity index (χ4v) is 1.63. The third kappa shape index (κ3) is 1.49. The minimum Gasteiger partial charge on any atom is -0.324 e. The van der Waals surface area contributed by atoms with Crippen LogP contribution in [0.1, 0.15) is 24.1 Å². The lowest BCUT2D eigenvalue weighted by molar-refractivity contribution is 0.820. The molecule has 0 bridgehead atoms. The maximum Gasteiger partial charge on any atom is 0.0346 e. The van der Waals surface area contributed by atoms with Crippen LogP contribution in [0.4, 0.5) is 0 Å². The molecule has 14 heavy (non-hydrogen) atoms. The van der Waals surface area contributed by atoms with E-state index in [9.17, 15) is 0 Å². The quantitative estimate of drug-likeness (QED) is 0.743. The summed E-state index contributed by atoms with van der Waals surface area (Å²) in [6.07, 6.45) is 3.77. The highest BCUT2D eigenvalue weighted by Crippen LogP contribution is 2.20. The Kier molecular flexibility index (Phi) is 2.22. The molecular formula is C12H14N2. The SMILES string of the molecule is Cc1cncc2cc(C(C)N)ccc12. The Hall–Kier alpha value is -1.41. The highest BCUT2D eigenvalue weighted by Gasteiger charge is 2.02. The highest BCUT2D eigenvalue weighted by molar-refractivity contribution is 5.85. The smallest absolute Gasteiger partial charge is 0.0346 e. The van der Waals surface area contributed by atoms with E-state index < -0.39 is 0 Å². The molecule has 2 rings (SSSR count). The van der Waals surface area contributed by atoms with Crippen molar-refractivity contribution < 1.29 is 0 Å². The molecule has 0 aliphatic carbocycles. The molecule has 1 unspecified atom stereocenters. The molecule has 0 amide bonds. The van der Waals surface area contributed by atoms with Crippen molar-refractivity contribution in [2.24, 2.45) is 5.73 Å². The number of pyridine rings is 1. The number of nitrogens with zero attached hydrogens (tertiary/aromatic N) is 1. The largest absolute Gasteiger partial charge is 0.324 e. The van der Waals surface area contributed by atoms with Gasteiger partial charge in [-0.1, -0.05) is 12.1 Å². The number of nitrogens with two attached hydrogens (primary N) is 1. The molecular weight excluding hydrogens is 172 g/mol. The first-order valence-electron chi connectivity index (χ1n) is 4.78. The van der Waals surface area contributed by atoms with Gasteiger partial charge in [-0.15, -0.1) is 0 Å². The zero-order valence-electron chi connectivity index (χ0n) is 8.49. The van der Waals surface area contributed by atoms with Gasteiger partial charge in [-0.25, -0.2) is 0 Å². The summed E-state index contributed by atoms with van der Waals surface area (Å²) in [5.41, 5.74) is 8.19. The number of benzene rings is 1. The van der Waals surface area contributed by atoms with Crippen molar-refractivity contribution in [2.75, 3.05) is 0 Å². The Balaban J connectivity index is 2.67. The third-order valence-electron chi connectivity index (χ3n) is 2.51. The second kappa shape index (κ2) is 3.39. The van der Waals surface area contributed by atoms with Crippen molar-refractivity contribution in [2.45, 2.75) is 19.9 Å². The van der Waals surface area contributed by atoms with Crippen LogP contribution >= 0.6 is 0 Å². The van der Waals surface area contributed by atoms with Gasteiger partial charge < -0.3 is 5.73 Å². The lowest BCUT2D eigenvalue weighted by Crippen LogP contribution is -2.04. The number of hydrogen-bond acceptors (Lipinski definition) is 2. The maximum atomic E-state index is 5.82. The van der Waals surface area contributed by atoms with Gasteiger partial charge in [-0.2, -0.15) is 0 Å². The summed E-state index contributed by atoms with van der Waals surface area (Å²) in [7, 11) is 0. The first kappa shape index (κ1) is 9.16. The average Bonchev–Trinajstić information content (AvgIpc) is 2.17. The zero-order valence-corrected chi connectivity index (χ0v) is 8.49. The average molecular weight is 186 g/mol. The third-order valence-corrected chi connectivity index (χ3v) is 2.51. The van der Waals surface area contributed by atoms with Gasteiger partial charge >= 0.3 is 0 Å².